The Morgan fingerprint density at radius 2 is 1.70 bits per heavy atom. The van der Waals surface area contributed by atoms with Crippen molar-refractivity contribution in [2.75, 3.05) is 0 Å². The van der Waals surface area contributed by atoms with Gasteiger partial charge >= 0.3 is 0 Å². The van der Waals surface area contributed by atoms with E-state index in [-0.39, 0.29) is 0 Å². The van der Waals surface area contributed by atoms with Crippen molar-refractivity contribution in [3.05, 3.63) is 54.0 Å². The van der Waals surface area contributed by atoms with E-state index in [9.17, 15) is 4.57 Å². The molecule has 1 heterocycles. The van der Waals surface area contributed by atoms with Crippen LogP contribution in [0.15, 0.2) is 48.3 Å². The van der Waals surface area contributed by atoms with Gasteiger partial charge in [-0.15, -0.1) is 0 Å². The molecule has 2 aromatic rings. The first-order valence-electron chi connectivity index (χ1n) is 5.61. The van der Waals surface area contributed by atoms with Crippen molar-refractivity contribution in [2.24, 2.45) is 0 Å². The topological polar surface area (TPSA) is 22.0 Å². The zero-order chi connectivity index (χ0) is 14.8. The minimum Gasteiger partial charge on any atom is -0.317 e. The highest BCUT2D eigenvalue weighted by molar-refractivity contribution is 8.10. The molecule has 0 aliphatic rings. The van der Waals surface area contributed by atoms with Crippen LogP contribution in [0.5, 0.6) is 0 Å². The third-order valence-electron chi connectivity index (χ3n) is 2.63. The van der Waals surface area contributed by atoms with Gasteiger partial charge in [0.1, 0.15) is 4.84 Å². The number of benzene rings is 1. The van der Waals surface area contributed by atoms with E-state index in [1.54, 1.807) is 10.6 Å². The number of alkyl halides is 2. The van der Waals surface area contributed by atoms with Gasteiger partial charge in [0.2, 0.25) is 0 Å². The number of hydrogen-bond acceptors (Lipinski definition) is 1. The predicted molar refractivity (Wildman–Crippen MR) is 89.0 cm³/mol. The largest absolute Gasteiger partial charge is 0.317 e. The Balaban J connectivity index is 2.54. The normalized spacial score (nSPS) is 12.4. The van der Waals surface area contributed by atoms with E-state index in [2.05, 4.69) is 0 Å². The molecular formula is C13H10Cl4NOP. The van der Waals surface area contributed by atoms with Crippen molar-refractivity contribution in [1.82, 2.24) is 4.57 Å². The molecule has 7 heteroatoms. The highest BCUT2D eigenvalue weighted by atomic mass is 35.9. The fourth-order valence-corrected chi connectivity index (χ4v) is 2.74. The third kappa shape index (κ3) is 4.07. The third-order valence-corrected chi connectivity index (χ3v) is 4.24. The SMILES string of the molecule is O=P(Cl)(Cl)/C=C/n1c(-c2ccccc2)ccc1C(Cl)Cl. The summed E-state index contributed by atoms with van der Waals surface area (Å²) in [4.78, 5) is -0.720. The fraction of sp³-hybridized carbons (Fsp3) is 0.0769. The molecule has 2 rings (SSSR count). The summed E-state index contributed by atoms with van der Waals surface area (Å²) in [5.74, 6) is -2.07. The summed E-state index contributed by atoms with van der Waals surface area (Å²) >= 11 is 22.9. The van der Waals surface area contributed by atoms with Gasteiger partial charge in [-0.25, -0.2) is 0 Å². The highest BCUT2D eigenvalue weighted by Gasteiger charge is 2.15. The number of nitrogens with zero attached hydrogens (tertiary/aromatic N) is 1. The van der Waals surface area contributed by atoms with Crippen molar-refractivity contribution in [3.8, 4) is 11.3 Å². The predicted octanol–water partition coefficient (Wildman–Crippen LogP) is 6.73. The van der Waals surface area contributed by atoms with Gasteiger partial charge in [0, 0.05) is 12.0 Å². The molecule has 0 radical (unpaired) electrons. The second-order valence-corrected chi connectivity index (χ2v) is 9.91. The maximum atomic E-state index is 11.4. The Bertz CT molecular complexity index is 660. The van der Waals surface area contributed by atoms with E-state index in [0.717, 1.165) is 11.3 Å². The van der Waals surface area contributed by atoms with Gasteiger partial charge in [-0.2, -0.15) is 0 Å². The van der Waals surface area contributed by atoms with Gasteiger partial charge in [-0.05, 0) is 40.2 Å². The molecule has 0 N–H and O–H groups in total. The number of aromatic nitrogens is 1. The lowest BCUT2D eigenvalue weighted by Gasteiger charge is -2.10. The van der Waals surface area contributed by atoms with Crippen molar-refractivity contribution in [3.63, 3.8) is 0 Å². The summed E-state index contributed by atoms with van der Waals surface area (Å²) in [6.07, 6.45) is 1.52. The first-order valence-corrected chi connectivity index (χ1v) is 10.1. The van der Waals surface area contributed by atoms with Crippen LogP contribution in [0, 0.1) is 0 Å². The summed E-state index contributed by atoms with van der Waals surface area (Å²) in [6, 6.07) is 13.3. The Labute approximate surface area is 136 Å². The molecule has 0 aliphatic heterocycles. The molecule has 0 spiro atoms. The van der Waals surface area contributed by atoms with Gasteiger partial charge in [-0.1, -0.05) is 53.5 Å². The number of rotatable bonds is 4. The Hall–Kier alpha value is -0.370. The molecule has 0 aliphatic carbocycles. The maximum Gasteiger partial charge on any atom is 0.276 e. The van der Waals surface area contributed by atoms with E-state index in [0.29, 0.717) is 5.69 Å². The van der Waals surface area contributed by atoms with E-state index < -0.39 is 10.7 Å². The van der Waals surface area contributed by atoms with Gasteiger partial charge < -0.3 is 4.57 Å². The van der Waals surface area contributed by atoms with Crippen LogP contribution in [0.1, 0.15) is 10.5 Å². The summed E-state index contributed by atoms with van der Waals surface area (Å²) in [5, 5.41) is 0. The van der Waals surface area contributed by atoms with Crippen molar-refractivity contribution in [2.45, 2.75) is 4.84 Å². The lowest BCUT2D eigenvalue weighted by molar-refractivity contribution is 0.597. The first kappa shape index (κ1) is 16.0. The second kappa shape index (κ2) is 6.60. The average molecular weight is 369 g/mol. The Morgan fingerprint density at radius 3 is 2.25 bits per heavy atom. The zero-order valence-electron chi connectivity index (χ0n) is 10.1. The van der Waals surface area contributed by atoms with E-state index in [1.165, 1.54) is 12.0 Å². The molecule has 0 saturated heterocycles. The smallest absolute Gasteiger partial charge is 0.276 e. The Kier molecular flexibility index (Phi) is 5.28. The molecule has 0 amide bonds. The number of halogens is 4. The molecular weight excluding hydrogens is 359 g/mol. The van der Waals surface area contributed by atoms with Crippen LogP contribution in [-0.2, 0) is 4.57 Å². The lowest BCUT2D eigenvalue weighted by atomic mass is 10.1. The quantitative estimate of drug-likeness (QED) is 0.433. The molecule has 0 unspecified atom stereocenters. The van der Waals surface area contributed by atoms with Crippen molar-refractivity contribution >= 4 is 57.7 Å². The van der Waals surface area contributed by atoms with Gasteiger partial charge in [-0.3, -0.25) is 4.57 Å². The average Bonchev–Trinajstić information content (AvgIpc) is 2.80. The molecule has 20 heavy (non-hydrogen) atoms. The minimum absolute atomic E-state index is 0.644. The summed E-state index contributed by atoms with van der Waals surface area (Å²) in [6.45, 7) is 0. The fourth-order valence-electron chi connectivity index (χ4n) is 1.80. The molecule has 0 saturated carbocycles. The molecule has 0 fully saturated rings. The van der Waals surface area contributed by atoms with Gasteiger partial charge in [0.25, 0.3) is 5.85 Å². The monoisotopic (exact) mass is 367 g/mol. The molecule has 0 bridgehead atoms. The zero-order valence-corrected chi connectivity index (χ0v) is 14.0. The summed E-state index contributed by atoms with van der Waals surface area (Å²) in [7, 11) is 0. The van der Waals surface area contributed by atoms with Crippen LogP contribution in [-0.4, -0.2) is 4.57 Å². The van der Waals surface area contributed by atoms with Crippen LogP contribution >= 0.6 is 51.5 Å². The standard InChI is InChI=1S/C13H10Cl4NOP/c14-13(15)12-7-6-11(10-4-2-1-3-5-10)18(12)8-9-20(16,17)19/h1-9,13H/b9-8+. The second-order valence-electron chi connectivity index (χ2n) is 3.98. The van der Waals surface area contributed by atoms with Crippen LogP contribution in [0.3, 0.4) is 0 Å². The van der Waals surface area contributed by atoms with E-state index in [1.807, 2.05) is 36.4 Å². The molecule has 106 valence electrons. The van der Waals surface area contributed by atoms with Crippen molar-refractivity contribution < 1.29 is 4.57 Å². The summed E-state index contributed by atoms with van der Waals surface area (Å²) < 4.78 is 13.1. The molecule has 1 aromatic heterocycles. The minimum atomic E-state index is -3.31. The van der Waals surface area contributed by atoms with Crippen LogP contribution < -0.4 is 0 Å². The lowest BCUT2D eigenvalue weighted by Crippen LogP contribution is -1.96. The van der Waals surface area contributed by atoms with Crippen LogP contribution in [0.4, 0.5) is 0 Å². The maximum absolute atomic E-state index is 11.4. The van der Waals surface area contributed by atoms with Gasteiger partial charge in [0.05, 0.1) is 11.4 Å². The van der Waals surface area contributed by atoms with Crippen LogP contribution in [0.2, 0.25) is 0 Å². The molecule has 0 atom stereocenters. The van der Waals surface area contributed by atoms with E-state index >= 15 is 0 Å². The number of hydrogen-bond donors (Lipinski definition) is 0. The first-order chi connectivity index (χ1) is 9.38. The molecule has 1 aromatic carbocycles. The summed E-state index contributed by atoms with van der Waals surface area (Å²) in [5.41, 5.74) is 2.46. The van der Waals surface area contributed by atoms with Crippen LogP contribution in [0.25, 0.3) is 17.5 Å². The van der Waals surface area contributed by atoms with E-state index in [4.69, 9.17) is 45.7 Å². The van der Waals surface area contributed by atoms with Gasteiger partial charge in [0.15, 0.2) is 0 Å². The Morgan fingerprint density at radius 1 is 1.05 bits per heavy atom. The molecule has 2 nitrogen and oxygen atoms in total. The highest BCUT2D eigenvalue weighted by Crippen LogP contribution is 2.58. The van der Waals surface area contributed by atoms with Crippen molar-refractivity contribution in [1.29, 1.82) is 0 Å².